The predicted molar refractivity (Wildman–Crippen MR) is 80.7 cm³/mol. The Labute approximate surface area is 124 Å². The summed E-state index contributed by atoms with van der Waals surface area (Å²) in [6, 6.07) is 0. The van der Waals surface area contributed by atoms with Crippen LogP contribution in [0.4, 0.5) is 0 Å². The number of aromatic nitrogens is 2. The van der Waals surface area contributed by atoms with E-state index in [0.717, 1.165) is 31.2 Å². The molecule has 0 saturated carbocycles. The topological polar surface area (TPSA) is 91.0 Å². The maximum absolute atomic E-state index is 8.86. The fraction of sp³-hybridized carbons (Fsp3) is 0.333. The molecule has 20 heavy (non-hydrogen) atoms. The summed E-state index contributed by atoms with van der Waals surface area (Å²) >= 11 is 2.86. The minimum absolute atomic E-state index is 0.535. The maximum atomic E-state index is 8.86. The molecular weight excluding hydrogens is 296 g/mol. The molecule has 0 bridgehead atoms. The number of oxime groups is 2. The van der Waals surface area contributed by atoms with Crippen molar-refractivity contribution in [3.05, 3.63) is 21.1 Å². The van der Waals surface area contributed by atoms with Crippen molar-refractivity contribution in [1.29, 1.82) is 0 Å². The minimum Gasteiger partial charge on any atom is -0.411 e. The van der Waals surface area contributed by atoms with Crippen molar-refractivity contribution in [2.24, 2.45) is 10.3 Å². The Kier molecular flexibility index (Phi) is 4.15. The van der Waals surface area contributed by atoms with Crippen molar-refractivity contribution in [3.63, 3.8) is 0 Å². The molecule has 6 nitrogen and oxygen atoms in total. The molecule has 2 aromatic rings. The Morgan fingerprint density at radius 1 is 0.850 bits per heavy atom. The molecule has 8 heteroatoms. The van der Waals surface area contributed by atoms with Crippen LogP contribution in [-0.4, -0.2) is 31.8 Å². The van der Waals surface area contributed by atoms with Crippen molar-refractivity contribution in [2.45, 2.75) is 27.7 Å². The zero-order valence-corrected chi connectivity index (χ0v) is 13.1. The minimum atomic E-state index is 0.535. The standard InChI is InChI=1S/C12H14N4O2S2/c1-5-9(7(3)15-17)19-11(13-5)12-14-6(2)10(20-12)8(4)16-18/h17-18H,1-4H3/b15-7-,16-8+. The van der Waals surface area contributed by atoms with E-state index in [4.69, 9.17) is 10.4 Å². The molecule has 2 heterocycles. The van der Waals surface area contributed by atoms with Gasteiger partial charge in [0.2, 0.25) is 0 Å². The molecule has 2 aromatic heterocycles. The van der Waals surface area contributed by atoms with Crippen molar-refractivity contribution in [2.75, 3.05) is 0 Å². The van der Waals surface area contributed by atoms with E-state index < -0.39 is 0 Å². The van der Waals surface area contributed by atoms with E-state index in [1.807, 2.05) is 13.8 Å². The summed E-state index contributed by atoms with van der Waals surface area (Å²) in [5.74, 6) is 0. The summed E-state index contributed by atoms with van der Waals surface area (Å²) in [4.78, 5) is 10.6. The highest BCUT2D eigenvalue weighted by Crippen LogP contribution is 2.33. The number of thiazole rings is 2. The normalized spacial score (nSPS) is 13.0. The average Bonchev–Trinajstić information content (AvgIpc) is 3.00. The smallest absolute Gasteiger partial charge is 0.153 e. The van der Waals surface area contributed by atoms with Gasteiger partial charge in [-0.1, -0.05) is 10.3 Å². The first-order valence-corrected chi connectivity index (χ1v) is 7.44. The summed E-state index contributed by atoms with van der Waals surface area (Å²) in [5, 5.41) is 25.7. The van der Waals surface area contributed by atoms with Gasteiger partial charge in [0, 0.05) is 0 Å². The summed E-state index contributed by atoms with van der Waals surface area (Å²) in [6.45, 7) is 7.19. The van der Waals surface area contributed by atoms with Gasteiger partial charge in [0.25, 0.3) is 0 Å². The quantitative estimate of drug-likeness (QED) is 0.517. The second-order valence-electron chi connectivity index (χ2n) is 4.24. The Balaban J connectivity index is 2.48. The molecule has 0 aliphatic rings. The van der Waals surface area contributed by atoms with Gasteiger partial charge < -0.3 is 10.4 Å². The highest BCUT2D eigenvalue weighted by atomic mass is 32.1. The second-order valence-corrected chi connectivity index (χ2v) is 6.24. The highest BCUT2D eigenvalue weighted by Gasteiger charge is 2.17. The van der Waals surface area contributed by atoms with Gasteiger partial charge >= 0.3 is 0 Å². The first-order valence-electron chi connectivity index (χ1n) is 5.81. The Hall–Kier alpha value is -1.80. The molecule has 0 aliphatic heterocycles. The second kappa shape index (κ2) is 5.68. The molecule has 0 atom stereocenters. The molecule has 2 rings (SSSR count). The molecule has 0 aromatic carbocycles. The first-order chi connectivity index (χ1) is 9.47. The van der Waals surface area contributed by atoms with E-state index in [1.54, 1.807) is 13.8 Å². The Bertz CT molecular complexity index is 640. The van der Waals surface area contributed by atoms with E-state index >= 15 is 0 Å². The SMILES string of the molecule is C/C(=N/O)c1sc(-c2nc(C)c(/C(C)=N/O)s2)nc1C. The van der Waals surface area contributed by atoms with Gasteiger partial charge in [0.05, 0.1) is 32.6 Å². The van der Waals surface area contributed by atoms with Crippen LogP contribution in [0, 0.1) is 13.8 Å². The third kappa shape index (κ3) is 2.56. The predicted octanol–water partition coefficient (Wildman–Crippen LogP) is 3.28. The van der Waals surface area contributed by atoms with Crippen LogP contribution in [0.15, 0.2) is 10.3 Å². The van der Waals surface area contributed by atoms with E-state index in [0.29, 0.717) is 11.4 Å². The van der Waals surface area contributed by atoms with E-state index in [-0.39, 0.29) is 0 Å². The first kappa shape index (κ1) is 14.6. The molecule has 0 fully saturated rings. The van der Waals surface area contributed by atoms with Gasteiger partial charge in [0.1, 0.15) is 0 Å². The van der Waals surface area contributed by atoms with Crippen molar-refractivity contribution >= 4 is 34.1 Å². The number of rotatable bonds is 3. The summed E-state index contributed by atoms with van der Waals surface area (Å²) < 4.78 is 0. The van der Waals surface area contributed by atoms with Crippen LogP contribution in [0.5, 0.6) is 0 Å². The van der Waals surface area contributed by atoms with Gasteiger partial charge in [0.15, 0.2) is 10.0 Å². The molecule has 0 radical (unpaired) electrons. The van der Waals surface area contributed by atoms with Crippen LogP contribution in [0.25, 0.3) is 10.0 Å². The van der Waals surface area contributed by atoms with E-state index in [9.17, 15) is 0 Å². The van der Waals surface area contributed by atoms with Crippen molar-refractivity contribution < 1.29 is 10.4 Å². The number of hydrogen-bond acceptors (Lipinski definition) is 8. The van der Waals surface area contributed by atoms with E-state index in [2.05, 4.69) is 20.3 Å². The number of nitrogens with zero attached hydrogens (tertiary/aromatic N) is 4. The van der Waals surface area contributed by atoms with Crippen LogP contribution in [-0.2, 0) is 0 Å². The Morgan fingerprint density at radius 3 is 1.50 bits per heavy atom. The van der Waals surface area contributed by atoms with Crippen LogP contribution in [0.3, 0.4) is 0 Å². The maximum Gasteiger partial charge on any atom is 0.153 e. The average molecular weight is 310 g/mol. The lowest BCUT2D eigenvalue weighted by atomic mass is 10.3. The molecule has 0 spiro atoms. The summed E-state index contributed by atoms with van der Waals surface area (Å²) in [6.07, 6.45) is 0. The zero-order chi connectivity index (χ0) is 14.9. The van der Waals surface area contributed by atoms with Crippen molar-refractivity contribution in [3.8, 4) is 10.0 Å². The number of hydrogen-bond donors (Lipinski definition) is 2. The van der Waals surface area contributed by atoms with Gasteiger partial charge in [-0.3, -0.25) is 0 Å². The summed E-state index contributed by atoms with van der Waals surface area (Å²) in [5.41, 5.74) is 2.69. The summed E-state index contributed by atoms with van der Waals surface area (Å²) in [7, 11) is 0. The van der Waals surface area contributed by atoms with E-state index in [1.165, 1.54) is 22.7 Å². The highest BCUT2D eigenvalue weighted by molar-refractivity contribution is 7.23. The van der Waals surface area contributed by atoms with Gasteiger partial charge in [-0.25, -0.2) is 9.97 Å². The van der Waals surface area contributed by atoms with Crippen molar-refractivity contribution in [1.82, 2.24) is 9.97 Å². The van der Waals surface area contributed by atoms with Gasteiger partial charge in [-0.2, -0.15) is 0 Å². The molecule has 106 valence electrons. The fourth-order valence-corrected chi connectivity index (χ4v) is 3.77. The third-order valence-electron chi connectivity index (χ3n) is 2.73. The lowest BCUT2D eigenvalue weighted by Gasteiger charge is -1.91. The Morgan fingerprint density at radius 2 is 1.20 bits per heavy atom. The number of aryl methyl sites for hydroxylation is 2. The molecular formula is C12H14N4O2S2. The molecule has 0 unspecified atom stereocenters. The zero-order valence-electron chi connectivity index (χ0n) is 11.5. The largest absolute Gasteiger partial charge is 0.411 e. The molecule has 0 amide bonds. The van der Waals surface area contributed by atoms with Gasteiger partial charge in [-0.05, 0) is 27.7 Å². The molecule has 2 N–H and O–H groups in total. The van der Waals surface area contributed by atoms with Gasteiger partial charge in [-0.15, -0.1) is 22.7 Å². The third-order valence-corrected chi connectivity index (χ3v) is 5.41. The van der Waals surface area contributed by atoms with Crippen LogP contribution >= 0.6 is 22.7 Å². The molecule has 0 saturated heterocycles. The lowest BCUT2D eigenvalue weighted by molar-refractivity contribution is 0.319. The van der Waals surface area contributed by atoms with Crippen LogP contribution < -0.4 is 0 Å². The lowest BCUT2D eigenvalue weighted by Crippen LogP contribution is -1.92. The van der Waals surface area contributed by atoms with Crippen LogP contribution in [0.2, 0.25) is 0 Å². The fourth-order valence-electron chi connectivity index (χ4n) is 1.74. The monoisotopic (exact) mass is 310 g/mol. The molecule has 0 aliphatic carbocycles. The van der Waals surface area contributed by atoms with Crippen LogP contribution in [0.1, 0.15) is 35.0 Å².